The molecule has 0 saturated heterocycles. The maximum absolute atomic E-state index is 5.75. The van der Waals surface area contributed by atoms with E-state index in [9.17, 15) is 0 Å². The van der Waals surface area contributed by atoms with Crippen molar-refractivity contribution in [2.45, 2.75) is 20.1 Å². The van der Waals surface area contributed by atoms with E-state index in [4.69, 9.17) is 4.74 Å². The van der Waals surface area contributed by atoms with Crippen LogP contribution in [0, 0.1) is 0 Å². The van der Waals surface area contributed by atoms with E-state index in [0.29, 0.717) is 6.61 Å². The Morgan fingerprint density at radius 3 is 2.95 bits per heavy atom. The summed E-state index contributed by atoms with van der Waals surface area (Å²) in [6, 6.07) is 5.85. The quantitative estimate of drug-likeness (QED) is 0.775. The first-order valence-corrected chi connectivity index (χ1v) is 8.37. The molecule has 0 aliphatic carbocycles. The van der Waals surface area contributed by atoms with Crippen molar-refractivity contribution in [2.75, 3.05) is 6.54 Å². The molecule has 1 aromatic heterocycles. The molecule has 1 heterocycles. The van der Waals surface area contributed by atoms with Gasteiger partial charge in [-0.15, -0.1) is 11.3 Å². The van der Waals surface area contributed by atoms with Crippen molar-refractivity contribution < 1.29 is 4.74 Å². The van der Waals surface area contributed by atoms with Crippen molar-refractivity contribution in [3.05, 3.63) is 43.2 Å². The van der Waals surface area contributed by atoms with Gasteiger partial charge < -0.3 is 10.1 Å². The van der Waals surface area contributed by atoms with Gasteiger partial charge in [0.2, 0.25) is 0 Å². The van der Waals surface area contributed by atoms with Gasteiger partial charge in [-0.2, -0.15) is 0 Å². The third-order valence-electron chi connectivity index (χ3n) is 2.40. The fourth-order valence-electron chi connectivity index (χ4n) is 1.47. The molecule has 0 saturated carbocycles. The molecular weight excluding hydrogens is 392 g/mol. The second-order valence-electron chi connectivity index (χ2n) is 3.88. The third kappa shape index (κ3) is 4.56. The zero-order chi connectivity index (χ0) is 13.7. The largest absolute Gasteiger partial charge is 0.486 e. The van der Waals surface area contributed by atoms with E-state index >= 15 is 0 Å². The highest BCUT2D eigenvalue weighted by Crippen LogP contribution is 2.28. The van der Waals surface area contributed by atoms with Crippen LogP contribution in [0.25, 0.3) is 0 Å². The lowest BCUT2D eigenvalue weighted by Gasteiger charge is -2.06. The summed E-state index contributed by atoms with van der Waals surface area (Å²) >= 11 is 8.55. The molecule has 0 fully saturated rings. The molecule has 0 aliphatic rings. The van der Waals surface area contributed by atoms with E-state index in [1.807, 2.05) is 23.6 Å². The minimum atomic E-state index is 0.489. The number of hydrogen-bond acceptors (Lipinski definition) is 4. The van der Waals surface area contributed by atoms with Gasteiger partial charge in [0.25, 0.3) is 0 Å². The first kappa shape index (κ1) is 15.0. The summed E-state index contributed by atoms with van der Waals surface area (Å²) < 4.78 is 7.71. The van der Waals surface area contributed by atoms with Crippen molar-refractivity contribution >= 4 is 43.2 Å². The Labute approximate surface area is 133 Å². The molecule has 2 aromatic rings. The Balaban J connectivity index is 1.92. The third-order valence-corrected chi connectivity index (χ3v) is 4.41. The zero-order valence-corrected chi connectivity index (χ0v) is 14.4. The molecule has 0 atom stereocenters. The lowest BCUT2D eigenvalue weighted by atomic mass is 10.3. The van der Waals surface area contributed by atoms with E-state index in [1.165, 1.54) is 0 Å². The summed E-state index contributed by atoms with van der Waals surface area (Å²) in [5.74, 6) is 0.824. The average molecular weight is 406 g/mol. The monoisotopic (exact) mass is 404 g/mol. The van der Waals surface area contributed by atoms with Gasteiger partial charge in [0, 0.05) is 16.4 Å². The fourth-order valence-corrected chi connectivity index (χ4v) is 3.38. The lowest BCUT2D eigenvalue weighted by Crippen LogP contribution is -2.11. The number of hydrogen-bond donors (Lipinski definition) is 1. The fraction of sp³-hybridized carbons (Fsp3) is 0.308. The SMILES string of the molecule is CCNCc1nc(COc2ccc(Br)cc2Br)cs1. The summed E-state index contributed by atoms with van der Waals surface area (Å²) in [6.45, 7) is 4.35. The van der Waals surface area contributed by atoms with Crippen LogP contribution in [-0.4, -0.2) is 11.5 Å². The van der Waals surface area contributed by atoms with Gasteiger partial charge >= 0.3 is 0 Å². The molecule has 0 unspecified atom stereocenters. The molecule has 1 N–H and O–H groups in total. The molecule has 3 nitrogen and oxygen atoms in total. The number of halogens is 2. The van der Waals surface area contributed by atoms with Crippen molar-refractivity contribution in [3.8, 4) is 5.75 Å². The Hall–Kier alpha value is -0.430. The molecular formula is C13H14Br2N2OS. The van der Waals surface area contributed by atoms with Gasteiger partial charge in [0.15, 0.2) is 0 Å². The second kappa shape index (κ2) is 7.38. The van der Waals surface area contributed by atoms with E-state index < -0.39 is 0 Å². The van der Waals surface area contributed by atoms with Crippen LogP contribution in [0.15, 0.2) is 32.5 Å². The smallest absolute Gasteiger partial charge is 0.134 e. The summed E-state index contributed by atoms with van der Waals surface area (Å²) in [4.78, 5) is 4.52. The summed E-state index contributed by atoms with van der Waals surface area (Å²) in [7, 11) is 0. The van der Waals surface area contributed by atoms with Crippen LogP contribution in [0.2, 0.25) is 0 Å². The van der Waals surface area contributed by atoms with Gasteiger partial charge in [-0.3, -0.25) is 0 Å². The standard InChI is InChI=1S/C13H14Br2N2OS/c1-2-16-6-13-17-10(8-19-13)7-18-12-4-3-9(14)5-11(12)15/h3-5,8,16H,2,6-7H2,1H3. The summed E-state index contributed by atoms with van der Waals surface area (Å²) in [5.41, 5.74) is 0.965. The molecule has 0 spiro atoms. The normalized spacial score (nSPS) is 10.7. The molecule has 0 aliphatic heterocycles. The second-order valence-corrected chi connectivity index (χ2v) is 6.59. The average Bonchev–Trinajstić information content (AvgIpc) is 2.83. The minimum Gasteiger partial charge on any atom is -0.486 e. The van der Waals surface area contributed by atoms with E-state index in [-0.39, 0.29) is 0 Å². The zero-order valence-electron chi connectivity index (χ0n) is 10.5. The summed E-state index contributed by atoms with van der Waals surface area (Å²) in [5, 5.41) is 6.40. The van der Waals surface area contributed by atoms with Crippen LogP contribution in [0.1, 0.15) is 17.6 Å². The molecule has 0 bridgehead atoms. The molecule has 102 valence electrons. The van der Waals surface area contributed by atoms with Crippen molar-refractivity contribution in [1.29, 1.82) is 0 Å². The number of benzene rings is 1. The van der Waals surface area contributed by atoms with Crippen LogP contribution < -0.4 is 10.1 Å². The number of nitrogens with one attached hydrogen (secondary N) is 1. The van der Waals surface area contributed by atoms with Crippen molar-refractivity contribution in [3.63, 3.8) is 0 Å². The topological polar surface area (TPSA) is 34.2 Å². The highest BCUT2D eigenvalue weighted by Gasteiger charge is 2.05. The summed E-state index contributed by atoms with van der Waals surface area (Å²) in [6.07, 6.45) is 0. The van der Waals surface area contributed by atoms with Crippen LogP contribution >= 0.6 is 43.2 Å². The van der Waals surface area contributed by atoms with E-state index in [1.54, 1.807) is 11.3 Å². The Morgan fingerprint density at radius 1 is 1.37 bits per heavy atom. The van der Waals surface area contributed by atoms with E-state index in [0.717, 1.165) is 38.5 Å². The van der Waals surface area contributed by atoms with Crippen molar-refractivity contribution in [1.82, 2.24) is 10.3 Å². The number of rotatable bonds is 6. The maximum Gasteiger partial charge on any atom is 0.134 e. The van der Waals surface area contributed by atoms with Gasteiger partial charge in [-0.05, 0) is 40.7 Å². The first-order chi connectivity index (χ1) is 9.19. The predicted octanol–water partition coefficient (Wildman–Crippen LogP) is 4.36. The number of nitrogens with zero attached hydrogens (tertiary/aromatic N) is 1. The number of ether oxygens (including phenoxy) is 1. The number of aromatic nitrogens is 1. The molecule has 1 aromatic carbocycles. The molecule has 0 amide bonds. The molecule has 0 radical (unpaired) electrons. The predicted molar refractivity (Wildman–Crippen MR) is 85.7 cm³/mol. The van der Waals surface area contributed by atoms with Gasteiger partial charge in [0.05, 0.1) is 10.2 Å². The van der Waals surface area contributed by atoms with Gasteiger partial charge in [-0.1, -0.05) is 22.9 Å². The minimum absolute atomic E-state index is 0.489. The lowest BCUT2D eigenvalue weighted by molar-refractivity contribution is 0.300. The first-order valence-electron chi connectivity index (χ1n) is 5.91. The van der Waals surface area contributed by atoms with Crippen LogP contribution in [-0.2, 0) is 13.2 Å². The van der Waals surface area contributed by atoms with Crippen LogP contribution in [0.3, 0.4) is 0 Å². The van der Waals surface area contributed by atoms with Gasteiger partial charge in [0.1, 0.15) is 17.4 Å². The van der Waals surface area contributed by atoms with Crippen molar-refractivity contribution in [2.24, 2.45) is 0 Å². The maximum atomic E-state index is 5.75. The molecule has 6 heteroatoms. The van der Waals surface area contributed by atoms with Crippen LogP contribution in [0.4, 0.5) is 0 Å². The van der Waals surface area contributed by atoms with Gasteiger partial charge in [-0.25, -0.2) is 4.98 Å². The number of thiazole rings is 1. The Kier molecular flexibility index (Phi) is 5.81. The Morgan fingerprint density at radius 2 is 2.21 bits per heavy atom. The van der Waals surface area contributed by atoms with E-state index in [2.05, 4.69) is 49.1 Å². The van der Waals surface area contributed by atoms with Crippen LogP contribution in [0.5, 0.6) is 5.75 Å². The Bertz CT molecular complexity index is 545. The highest BCUT2D eigenvalue weighted by molar-refractivity contribution is 9.11. The molecule has 2 rings (SSSR count). The highest BCUT2D eigenvalue weighted by atomic mass is 79.9. The molecule has 19 heavy (non-hydrogen) atoms.